The first kappa shape index (κ1) is 34.7. The lowest BCUT2D eigenvalue weighted by Gasteiger charge is -2.24. The maximum absolute atomic E-state index is 11.8. The van der Waals surface area contributed by atoms with E-state index in [-0.39, 0.29) is 12.8 Å². The van der Waals surface area contributed by atoms with Crippen molar-refractivity contribution in [2.75, 3.05) is 20.8 Å². The molecule has 0 aromatic heterocycles. The third kappa shape index (κ3) is 17.6. The summed E-state index contributed by atoms with van der Waals surface area (Å²) in [4.78, 5) is 46.2. The van der Waals surface area contributed by atoms with Crippen LogP contribution in [0.25, 0.3) is 0 Å². The summed E-state index contributed by atoms with van der Waals surface area (Å²) in [7, 11) is 2.50. The van der Waals surface area contributed by atoms with Gasteiger partial charge >= 0.3 is 23.9 Å². The van der Waals surface area contributed by atoms with E-state index in [9.17, 15) is 24.3 Å². The molecule has 0 unspecified atom stereocenters. The molecular weight excluding hydrogens is 460 g/mol. The largest absolute Gasteiger partial charge is 0.469 e. The van der Waals surface area contributed by atoms with Gasteiger partial charge in [-0.15, -0.1) is 6.58 Å². The summed E-state index contributed by atoms with van der Waals surface area (Å²) < 4.78 is 24.8. The first-order chi connectivity index (χ1) is 15.9. The van der Waals surface area contributed by atoms with E-state index in [1.165, 1.54) is 21.1 Å². The fourth-order valence-corrected chi connectivity index (χ4v) is 2.66. The molecule has 0 aliphatic carbocycles. The number of methoxy groups -OCH3 is 2. The van der Waals surface area contributed by atoms with Crippen molar-refractivity contribution in [1.29, 1.82) is 0 Å². The van der Waals surface area contributed by atoms with Gasteiger partial charge in [0.05, 0.1) is 57.7 Å². The lowest BCUT2D eigenvalue weighted by atomic mass is 9.99. The fraction of sp³-hybridized carbons (Fsp3) is 0.760. The highest BCUT2D eigenvalue weighted by Gasteiger charge is 2.31. The molecule has 0 saturated heterocycles. The molecule has 0 saturated carbocycles. The molecule has 1 N–H and O–H groups in total. The van der Waals surface area contributed by atoms with Gasteiger partial charge in [0.2, 0.25) is 0 Å². The summed E-state index contributed by atoms with van der Waals surface area (Å²) in [5, 5.41) is 9.35. The summed E-state index contributed by atoms with van der Waals surface area (Å²) in [5.41, 5.74) is -1.18. The van der Waals surface area contributed by atoms with Crippen molar-refractivity contribution < 1.29 is 48.0 Å². The average Bonchev–Trinajstić information content (AvgIpc) is 2.70. The SMILES string of the molecule is C=CCO[C@@H](C)[C@H](CC(=O)OC(C)(C)C)C(=O)OC.COC(=O)[C@@H](CC(=O)OC(C)(C)C)[C@H](C)O. The maximum Gasteiger partial charge on any atom is 0.311 e. The van der Waals surface area contributed by atoms with Gasteiger partial charge in [-0.2, -0.15) is 0 Å². The number of ether oxygens (including phenoxy) is 5. The summed E-state index contributed by atoms with van der Waals surface area (Å²) in [6.07, 6.45) is -0.0553. The third-order valence-electron chi connectivity index (χ3n) is 4.25. The quantitative estimate of drug-likeness (QED) is 0.254. The van der Waals surface area contributed by atoms with Gasteiger partial charge in [0.15, 0.2) is 0 Å². The van der Waals surface area contributed by atoms with Crippen LogP contribution in [0, 0.1) is 11.8 Å². The Morgan fingerprint density at radius 1 is 0.800 bits per heavy atom. The minimum atomic E-state index is -0.944. The number of aliphatic hydroxyl groups is 1. The number of carbonyl (C=O) groups excluding carboxylic acids is 4. The van der Waals surface area contributed by atoms with Gasteiger partial charge in [-0.05, 0) is 55.4 Å². The van der Waals surface area contributed by atoms with Crippen molar-refractivity contribution in [2.45, 2.75) is 91.6 Å². The van der Waals surface area contributed by atoms with E-state index in [1.807, 2.05) is 0 Å². The molecule has 0 fully saturated rings. The first-order valence-corrected chi connectivity index (χ1v) is 11.4. The standard InChI is InChI=1S/C14H24O5.C11H20O5/c1-7-8-18-10(2)11(13(16)17-6)9-12(15)19-14(3,4)5;1-7(12)8(10(14)15-5)6-9(13)16-11(2,3)4/h7,10-11H,1,8-9H2,2-6H3;7-8,12H,6H2,1-5H3/t10-,11-;7-,8-/m00/s1. The van der Waals surface area contributed by atoms with Crippen molar-refractivity contribution in [2.24, 2.45) is 11.8 Å². The molecule has 0 aliphatic heterocycles. The van der Waals surface area contributed by atoms with E-state index in [1.54, 1.807) is 54.5 Å². The molecule has 0 aromatic carbocycles. The van der Waals surface area contributed by atoms with Crippen LogP contribution < -0.4 is 0 Å². The van der Waals surface area contributed by atoms with Crippen molar-refractivity contribution in [3.05, 3.63) is 12.7 Å². The van der Waals surface area contributed by atoms with E-state index in [4.69, 9.17) is 18.9 Å². The molecule has 0 heterocycles. The van der Waals surface area contributed by atoms with Gasteiger partial charge in [0.1, 0.15) is 11.2 Å². The average molecular weight is 505 g/mol. The highest BCUT2D eigenvalue weighted by molar-refractivity contribution is 5.81. The Labute approximate surface area is 209 Å². The number of hydrogen-bond donors (Lipinski definition) is 1. The Kier molecular flexibility index (Phi) is 16.1. The van der Waals surface area contributed by atoms with Crippen molar-refractivity contribution >= 4 is 23.9 Å². The summed E-state index contributed by atoms with van der Waals surface area (Å²) >= 11 is 0. The van der Waals surface area contributed by atoms with E-state index < -0.39 is 59.1 Å². The third-order valence-corrected chi connectivity index (χ3v) is 4.25. The summed E-state index contributed by atoms with van der Waals surface area (Å²) in [6, 6.07) is 0. The summed E-state index contributed by atoms with van der Waals surface area (Å²) in [6.45, 7) is 17.5. The van der Waals surface area contributed by atoms with Gasteiger partial charge in [-0.25, -0.2) is 0 Å². The van der Waals surface area contributed by atoms with Crippen LogP contribution in [0.5, 0.6) is 0 Å². The van der Waals surface area contributed by atoms with E-state index in [0.717, 1.165) is 0 Å². The molecule has 0 bridgehead atoms. The van der Waals surface area contributed by atoms with Crippen LogP contribution in [0.3, 0.4) is 0 Å². The number of carbonyl (C=O) groups is 4. The zero-order valence-corrected chi connectivity index (χ0v) is 22.8. The molecular formula is C25H44O10. The zero-order chi connectivity index (χ0) is 28.0. The number of rotatable bonds is 11. The van der Waals surface area contributed by atoms with Crippen LogP contribution in [0.1, 0.15) is 68.2 Å². The molecule has 10 heteroatoms. The molecule has 0 radical (unpaired) electrons. The van der Waals surface area contributed by atoms with Gasteiger partial charge in [-0.3, -0.25) is 19.2 Å². The first-order valence-electron chi connectivity index (χ1n) is 11.4. The van der Waals surface area contributed by atoms with Crippen molar-refractivity contribution in [3.8, 4) is 0 Å². The molecule has 0 spiro atoms. The predicted octanol–water partition coefficient (Wildman–Crippen LogP) is 2.99. The Morgan fingerprint density at radius 2 is 1.17 bits per heavy atom. The molecule has 0 rings (SSSR count). The monoisotopic (exact) mass is 504 g/mol. The maximum atomic E-state index is 11.8. The van der Waals surface area contributed by atoms with E-state index in [2.05, 4.69) is 11.3 Å². The van der Waals surface area contributed by atoms with Gasteiger partial charge in [0.25, 0.3) is 0 Å². The summed E-state index contributed by atoms with van der Waals surface area (Å²) in [5.74, 6) is -3.62. The fourth-order valence-electron chi connectivity index (χ4n) is 2.66. The molecule has 0 amide bonds. The zero-order valence-electron chi connectivity index (χ0n) is 22.8. The number of esters is 4. The Morgan fingerprint density at radius 3 is 1.49 bits per heavy atom. The highest BCUT2D eigenvalue weighted by atomic mass is 16.6. The molecule has 204 valence electrons. The van der Waals surface area contributed by atoms with Crippen LogP contribution in [-0.2, 0) is 42.9 Å². The lowest BCUT2D eigenvalue weighted by molar-refractivity contribution is -0.164. The van der Waals surface area contributed by atoms with Crippen molar-refractivity contribution in [1.82, 2.24) is 0 Å². The highest BCUT2D eigenvalue weighted by Crippen LogP contribution is 2.18. The predicted molar refractivity (Wildman–Crippen MR) is 129 cm³/mol. The van der Waals surface area contributed by atoms with E-state index in [0.29, 0.717) is 6.61 Å². The van der Waals surface area contributed by atoms with Crippen LogP contribution in [0.4, 0.5) is 0 Å². The molecule has 0 aliphatic rings. The lowest BCUT2D eigenvalue weighted by Crippen LogP contribution is -2.34. The van der Waals surface area contributed by atoms with Gasteiger partial charge < -0.3 is 28.8 Å². The molecule has 0 aromatic rings. The van der Waals surface area contributed by atoms with Gasteiger partial charge in [-0.1, -0.05) is 6.08 Å². The topological polar surface area (TPSA) is 135 Å². The van der Waals surface area contributed by atoms with Crippen LogP contribution in [-0.4, -0.2) is 73.2 Å². The minimum absolute atomic E-state index is 0.0672. The number of aliphatic hydroxyl groups excluding tert-OH is 1. The minimum Gasteiger partial charge on any atom is -0.469 e. The molecule has 35 heavy (non-hydrogen) atoms. The number of hydrogen-bond acceptors (Lipinski definition) is 10. The Bertz CT molecular complexity index is 685. The van der Waals surface area contributed by atoms with Crippen LogP contribution in [0.15, 0.2) is 12.7 Å². The second kappa shape index (κ2) is 16.3. The van der Waals surface area contributed by atoms with Crippen LogP contribution in [0.2, 0.25) is 0 Å². The Balaban J connectivity index is 0. The second-order valence-electron chi connectivity index (χ2n) is 9.91. The molecule has 10 nitrogen and oxygen atoms in total. The normalized spacial score (nSPS) is 14.7. The van der Waals surface area contributed by atoms with Crippen molar-refractivity contribution in [3.63, 3.8) is 0 Å². The van der Waals surface area contributed by atoms with Crippen LogP contribution >= 0.6 is 0 Å². The Hall–Kier alpha value is -2.46. The van der Waals surface area contributed by atoms with Gasteiger partial charge in [0, 0.05) is 0 Å². The van der Waals surface area contributed by atoms with E-state index >= 15 is 0 Å². The second-order valence-corrected chi connectivity index (χ2v) is 9.91. The molecule has 4 atom stereocenters. The smallest absolute Gasteiger partial charge is 0.311 e.